The molecule has 0 saturated carbocycles. The lowest BCUT2D eigenvalue weighted by molar-refractivity contribution is 0.100. The van der Waals surface area contributed by atoms with Gasteiger partial charge in [0.1, 0.15) is 0 Å². The van der Waals surface area contributed by atoms with Gasteiger partial charge in [0.2, 0.25) is 0 Å². The van der Waals surface area contributed by atoms with E-state index in [0.29, 0.717) is 18.4 Å². The summed E-state index contributed by atoms with van der Waals surface area (Å²) in [5, 5.41) is 3.38. The second-order valence-electron chi connectivity index (χ2n) is 4.19. The van der Waals surface area contributed by atoms with Gasteiger partial charge in [0, 0.05) is 12.0 Å². The first-order valence-corrected chi connectivity index (χ1v) is 5.90. The SMILES string of the molecule is C1CC2(CCOc3nsnc3OC2)CN1.Cl. The number of hydrogen-bond acceptors (Lipinski definition) is 6. The normalized spacial score (nSPS) is 28.2. The van der Waals surface area contributed by atoms with Crippen LogP contribution in [-0.2, 0) is 0 Å². The van der Waals surface area contributed by atoms with Crippen LogP contribution in [0.3, 0.4) is 0 Å². The molecule has 1 N–H and O–H groups in total. The van der Waals surface area contributed by atoms with Gasteiger partial charge in [0.15, 0.2) is 0 Å². The van der Waals surface area contributed by atoms with E-state index >= 15 is 0 Å². The quantitative estimate of drug-likeness (QED) is 0.760. The lowest BCUT2D eigenvalue weighted by Crippen LogP contribution is -2.34. The molecule has 1 saturated heterocycles. The Morgan fingerprint density at radius 2 is 2.00 bits per heavy atom. The molecule has 0 radical (unpaired) electrons. The third kappa shape index (κ3) is 2.09. The molecular formula is C9H14ClN3O2S. The first kappa shape index (κ1) is 11.9. The van der Waals surface area contributed by atoms with Gasteiger partial charge in [-0.2, -0.15) is 0 Å². The van der Waals surface area contributed by atoms with Gasteiger partial charge in [-0.3, -0.25) is 0 Å². The van der Waals surface area contributed by atoms with Crippen LogP contribution in [0.15, 0.2) is 0 Å². The highest BCUT2D eigenvalue weighted by Gasteiger charge is 2.36. The molecule has 3 rings (SSSR count). The molecular weight excluding hydrogens is 250 g/mol. The maximum atomic E-state index is 5.68. The van der Waals surface area contributed by atoms with Crippen molar-refractivity contribution < 1.29 is 9.47 Å². The zero-order valence-electron chi connectivity index (χ0n) is 8.77. The summed E-state index contributed by atoms with van der Waals surface area (Å²) in [6.45, 7) is 3.53. The van der Waals surface area contributed by atoms with Crippen molar-refractivity contribution in [1.29, 1.82) is 0 Å². The van der Waals surface area contributed by atoms with Crippen LogP contribution >= 0.6 is 24.1 Å². The fourth-order valence-electron chi connectivity index (χ4n) is 2.14. The van der Waals surface area contributed by atoms with Crippen molar-refractivity contribution >= 4 is 24.1 Å². The molecule has 2 aliphatic rings. The summed E-state index contributed by atoms with van der Waals surface area (Å²) in [7, 11) is 0. The molecule has 1 unspecified atom stereocenters. The highest BCUT2D eigenvalue weighted by atomic mass is 35.5. The van der Waals surface area contributed by atoms with Crippen LogP contribution in [0.5, 0.6) is 11.8 Å². The lowest BCUT2D eigenvalue weighted by Gasteiger charge is -2.29. The molecule has 3 heterocycles. The van der Waals surface area contributed by atoms with E-state index in [2.05, 4.69) is 14.1 Å². The van der Waals surface area contributed by atoms with Crippen LogP contribution < -0.4 is 14.8 Å². The predicted molar refractivity (Wildman–Crippen MR) is 62.7 cm³/mol. The van der Waals surface area contributed by atoms with Gasteiger partial charge < -0.3 is 14.8 Å². The average Bonchev–Trinajstić information content (AvgIpc) is 2.82. The number of hydrogen-bond donors (Lipinski definition) is 1. The van der Waals surface area contributed by atoms with Gasteiger partial charge in [-0.1, -0.05) is 0 Å². The fraction of sp³-hybridized carbons (Fsp3) is 0.778. The molecule has 0 bridgehead atoms. The maximum Gasteiger partial charge on any atom is 0.291 e. The molecule has 5 nitrogen and oxygen atoms in total. The summed E-state index contributed by atoms with van der Waals surface area (Å²) in [6, 6.07) is 0. The second-order valence-corrected chi connectivity index (χ2v) is 4.72. The number of fused-ring (bicyclic) bond motifs is 1. The standard InChI is InChI=1S/C9H13N3O2S.ClH/c1-3-10-5-9(1)2-4-13-7-8(14-6-9)12-15-11-7;/h10H,1-6H2;1H. The molecule has 0 amide bonds. The maximum absolute atomic E-state index is 5.68. The monoisotopic (exact) mass is 263 g/mol. The number of nitrogens with one attached hydrogen (secondary N) is 1. The average molecular weight is 264 g/mol. The Hall–Kier alpha value is -0.590. The number of nitrogens with zero attached hydrogens (tertiary/aromatic N) is 2. The molecule has 7 heteroatoms. The van der Waals surface area contributed by atoms with Crippen LogP contribution in [0.4, 0.5) is 0 Å². The molecule has 0 aliphatic carbocycles. The van der Waals surface area contributed by atoms with E-state index in [1.54, 1.807) is 0 Å². The summed E-state index contributed by atoms with van der Waals surface area (Å²) in [6.07, 6.45) is 2.18. The molecule has 2 aliphatic heterocycles. The zero-order chi connectivity index (χ0) is 10.1. The first-order chi connectivity index (χ1) is 7.38. The van der Waals surface area contributed by atoms with Gasteiger partial charge in [0.25, 0.3) is 11.8 Å². The number of ether oxygens (including phenoxy) is 2. The predicted octanol–water partition coefficient (Wildman–Crippen LogP) is 1.10. The van der Waals surface area contributed by atoms with Crippen molar-refractivity contribution in [1.82, 2.24) is 14.1 Å². The van der Waals surface area contributed by atoms with Crippen LogP contribution in [0, 0.1) is 5.41 Å². The molecule has 90 valence electrons. The van der Waals surface area contributed by atoms with Gasteiger partial charge in [0.05, 0.1) is 24.9 Å². The largest absolute Gasteiger partial charge is 0.473 e. The van der Waals surface area contributed by atoms with E-state index in [9.17, 15) is 0 Å². The summed E-state index contributed by atoms with van der Waals surface area (Å²) >= 11 is 1.14. The fourth-order valence-corrected chi connectivity index (χ4v) is 2.59. The highest BCUT2D eigenvalue weighted by Crippen LogP contribution is 2.35. The van der Waals surface area contributed by atoms with E-state index < -0.39 is 0 Å². The van der Waals surface area contributed by atoms with Crippen molar-refractivity contribution in [3.05, 3.63) is 0 Å². The molecule has 1 fully saturated rings. The molecule has 1 aromatic rings. The van der Waals surface area contributed by atoms with Gasteiger partial charge in [-0.25, -0.2) is 0 Å². The van der Waals surface area contributed by atoms with E-state index in [1.165, 1.54) is 0 Å². The Morgan fingerprint density at radius 1 is 1.19 bits per heavy atom. The van der Waals surface area contributed by atoms with Crippen LogP contribution in [-0.4, -0.2) is 35.1 Å². The minimum Gasteiger partial charge on any atom is -0.473 e. The Kier molecular flexibility index (Phi) is 3.51. The van der Waals surface area contributed by atoms with E-state index in [0.717, 1.165) is 44.3 Å². The third-order valence-corrected chi connectivity index (χ3v) is 3.64. The first-order valence-electron chi connectivity index (χ1n) is 5.17. The Morgan fingerprint density at radius 3 is 2.75 bits per heavy atom. The number of aromatic nitrogens is 2. The summed E-state index contributed by atoms with van der Waals surface area (Å²) in [4.78, 5) is 0. The minimum absolute atomic E-state index is 0. The smallest absolute Gasteiger partial charge is 0.291 e. The van der Waals surface area contributed by atoms with Gasteiger partial charge in [-0.05, 0) is 19.4 Å². The van der Waals surface area contributed by atoms with Crippen molar-refractivity contribution in [3.63, 3.8) is 0 Å². The second kappa shape index (κ2) is 4.73. The van der Waals surface area contributed by atoms with Crippen LogP contribution in [0.2, 0.25) is 0 Å². The molecule has 1 aromatic heterocycles. The van der Waals surface area contributed by atoms with Crippen molar-refractivity contribution in [2.24, 2.45) is 5.41 Å². The summed E-state index contributed by atoms with van der Waals surface area (Å²) in [5.41, 5.74) is 0.237. The zero-order valence-corrected chi connectivity index (χ0v) is 10.4. The van der Waals surface area contributed by atoms with E-state index in [4.69, 9.17) is 9.47 Å². The third-order valence-electron chi connectivity index (χ3n) is 3.15. The molecule has 0 aromatic carbocycles. The van der Waals surface area contributed by atoms with Crippen molar-refractivity contribution in [2.75, 3.05) is 26.3 Å². The summed E-state index contributed by atoms with van der Waals surface area (Å²) in [5.74, 6) is 1.12. The molecule has 1 spiro atoms. The number of halogens is 1. The van der Waals surface area contributed by atoms with E-state index in [1.807, 2.05) is 0 Å². The summed E-state index contributed by atoms with van der Waals surface area (Å²) < 4.78 is 19.3. The molecule has 16 heavy (non-hydrogen) atoms. The van der Waals surface area contributed by atoms with Crippen LogP contribution in [0.25, 0.3) is 0 Å². The van der Waals surface area contributed by atoms with Gasteiger partial charge in [-0.15, -0.1) is 21.2 Å². The van der Waals surface area contributed by atoms with Crippen molar-refractivity contribution in [3.8, 4) is 11.8 Å². The Bertz CT molecular complexity index is 354. The van der Waals surface area contributed by atoms with Gasteiger partial charge >= 0.3 is 0 Å². The Labute approximate surface area is 104 Å². The highest BCUT2D eigenvalue weighted by molar-refractivity contribution is 6.99. The van der Waals surface area contributed by atoms with Crippen molar-refractivity contribution in [2.45, 2.75) is 12.8 Å². The molecule has 1 atom stereocenters. The van der Waals surface area contributed by atoms with Crippen LogP contribution in [0.1, 0.15) is 12.8 Å². The lowest BCUT2D eigenvalue weighted by atomic mass is 9.85. The topological polar surface area (TPSA) is 56.3 Å². The van der Waals surface area contributed by atoms with E-state index in [-0.39, 0.29) is 17.8 Å². The minimum atomic E-state index is 0. The Balaban J connectivity index is 0.000000963. The number of rotatable bonds is 0.